The third-order valence-corrected chi connectivity index (χ3v) is 4.58. The van der Waals surface area contributed by atoms with Crippen LogP contribution in [-0.4, -0.2) is 43.6 Å². The minimum Gasteiger partial charge on any atom is -0.371 e. The van der Waals surface area contributed by atoms with Crippen LogP contribution in [0.15, 0.2) is 54.6 Å². The molecule has 2 aromatic rings. The Bertz CT molecular complexity index is 693. The normalized spacial score (nSPS) is 18.0. The van der Waals surface area contributed by atoms with Crippen molar-refractivity contribution in [1.29, 1.82) is 0 Å². The molecule has 0 saturated carbocycles. The van der Waals surface area contributed by atoms with Gasteiger partial charge in [0.15, 0.2) is 0 Å². The molecular formula is C20H23ClN2O2. The van der Waals surface area contributed by atoms with Gasteiger partial charge in [-0.1, -0.05) is 48.0 Å². The van der Waals surface area contributed by atoms with Gasteiger partial charge in [-0.15, -0.1) is 0 Å². The average Bonchev–Trinajstić information content (AvgIpc) is 2.66. The van der Waals surface area contributed by atoms with Crippen molar-refractivity contribution in [3.63, 3.8) is 0 Å². The Kier molecular flexibility index (Phi) is 6.45. The van der Waals surface area contributed by atoms with Crippen LogP contribution in [0.2, 0.25) is 5.02 Å². The number of morpholine rings is 1. The molecule has 0 aliphatic carbocycles. The lowest BCUT2D eigenvalue weighted by Crippen LogP contribution is -2.39. The summed E-state index contributed by atoms with van der Waals surface area (Å²) in [7, 11) is 0. The molecule has 0 unspecified atom stereocenters. The van der Waals surface area contributed by atoms with E-state index >= 15 is 0 Å². The standard InChI is InChI=1S/C20H23ClN2O2/c21-18-9-4-8-17(14-18)20(24)22-10-5-11-23-12-13-25-19(15-23)16-6-2-1-3-7-16/h1-4,6-9,14,19H,5,10-13,15H2,(H,22,24)/t19-/m1/s1. The molecule has 1 atom stereocenters. The van der Waals surface area contributed by atoms with Gasteiger partial charge < -0.3 is 10.1 Å². The fourth-order valence-corrected chi connectivity index (χ4v) is 3.20. The predicted molar refractivity (Wildman–Crippen MR) is 100.0 cm³/mol. The van der Waals surface area contributed by atoms with Crippen LogP contribution in [0.25, 0.3) is 0 Å². The minimum absolute atomic E-state index is 0.0772. The van der Waals surface area contributed by atoms with Crippen molar-refractivity contribution >= 4 is 17.5 Å². The van der Waals surface area contributed by atoms with E-state index < -0.39 is 0 Å². The average molecular weight is 359 g/mol. The Morgan fingerprint density at radius 1 is 1.20 bits per heavy atom. The van der Waals surface area contributed by atoms with E-state index in [4.69, 9.17) is 16.3 Å². The maximum absolute atomic E-state index is 12.1. The molecule has 0 bridgehead atoms. The van der Waals surface area contributed by atoms with E-state index in [9.17, 15) is 4.79 Å². The number of nitrogens with one attached hydrogen (secondary N) is 1. The highest BCUT2D eigenvalue weighted by Gasteiger charge is 2.21. The lowest BCUT2D eigenvalue weighted by Gasteiger charge is -2.33. The van der Waals surface area contributed by atoms with Crippen molar-refractivity contribution < 1.29 is 9.53 Å². The third kappa shape index (κ3) is 5.30. The number of carbonyl (C=O) groups is 1. The molecule has 5 heteroatoms. The van der Waals surface area contributed by atoms with E-state index in [0.29, 0.717) is 17.1 Å². The van der Waals surface area contributed by atoms with Gasteiger partial charge in [0.25, 0.3) is 5.91 Å². The molecule has 2 aromatic carbocycles. The van der Waals surface area contributed by atoms with Crippen molar-refractivity contribution in [2.75, 3.05) is 32.8 Å². The number of carbonyl (C=O) groups excluding carboxylic acids is 1. The summed E-state index contributed by atoms with van der Waals surface area (Å²) in [6.07, 6.45) is 1.05. The van der Waals surface area contributed by atoms with E-state index in [1.807, 2.05) is 18.2 Å². The first-order valence-corrected chi connectivity index (χ1v) is 9.03. The van der Waals surface area contributed by atoms with Crippen LogP contribution in [0.1, 0.15) is 28.4 Å². The molecule has 25 heavy (non-hydrogen) atoms. The van der Waals surface area contributed by atoms with Gasteiger partial charge in [0, 0.05) is 36.8 Å². The topological polar surface area (TPSA) is 41.6 Å². The van der Waals surface area contributed by atoms with E-state index in [0.717, 1.165) is 32.7 Å². The van der Waals surface area contributed by atoms with Gasteiger partial charge in [0.1, 0.15) is 0 Å². The van der Waals surface area contributed by atoms with E-state index in [1.54, 1.807) is 24.3 Å². The quantitative estimate of drug-likeness (QED) is 0.803. The summed E-state index contributed by atoms with van der Waals surface area (Å²) in [4.78, 5) is 14.5. The molecule has 132 valence electrons. The number of benzene rings is 2. The van der Waals surface area contributed by atoms with Crippen LogP contribution >= 0.6 is 11.6 Å². The molecule has 1 saturated heterocycles. The van der Waals surface area contributed by atoms with Gasteiger partial charge in [-0.25, -0.2) is 0 Å². The first-order chi connectivity index (χ1) is 12.2. The molecule has 4 nitrogen and oxygen atoms in total. The molecule has 1 N–H and O–H groups in total. The van der Waals surface area contributed by atoms with Gasteiger partial charge in [-0.3, -0.25) is 9.69 Å². The van der Waals surface area contributed by atoms with Crippen LogP contribution in [-0.2, 0) is 4.74 Å². The van der Waals surface area contributed by atoms with Crippen LogP contribution < -0.4 is 5.32 Å². The van der Waals surface area contributed by atoms with Crippen molar-refractivity contribution in [3.8, 4) is 0 Å². The second kappa shape index (κ2) is 8.99. The Labute approximate surface area is 153 Å². The number of nitrogens with zero attached hydrogens (tertiary/aromatic N) is 1. The molecule has 0 aromatic heterocycles. The molecule has 1 heterocycles. The fourth-order valence-electron chi connectivity index (χ4n) is 3.01. The maximum atomic E-state index is 12.1. The summed E-state index contributed by atoms with van der Waals surface area (Å²) in [5, 5.41) is 3.53. The molecular weight excluding hydrogens is 336 g/mol. The van der Waals surface area contributed by atoms with Gasteiger partial charge in [-0.2, -0.15) is 0 Å². The van der Waals surface area contributed by atoms with E-state index in [-0.39, 0.29) is 12.0 Å². The smallest absolute Gasteiger partial charge is 0.251 e. The van der Waals surface area contributed by atoms with Crippen molar-refractivity contribution in [2.24, 2.45) is 0 Å². The first kappa shape index (κ1) is 17.9. The number of rotatable bonds is 6. The fraction of sp³-hybridized carbons (Fsp3) is 0.350. The number of amides is 1. The largest absolute Gasteiger partial charge is 0.371 e. The zero-order valence-electron chi connectivity index (χ0n) is 14.2. The monoisotopic (exact) mass is 358 g/mol. The summed E-state index contributed by atoms with van der Waals surface area (Å²) in [5.74, 6) is -0.0772. The van der Waals surface area contributed by atoms with Gasteiger partial charge in [0.05, 0.1) is 12.7 Å². The van der Waals surface area contributed by atoms with E-state index in [1.165, 1.54) is 5.56 Å². The first-order valence-electron chi connectivity index (χ1n) is 8.65. The molecule has 1 amide bonds. The summed E-state index contributed by atoms with van der Waals surface area (Å²) < 4.78 is 5.88. The summed E-state index contributed by atoms with van der Waals surface area (Å²) in [5.41, 5.74) is 1.82. The zero-order chi connectivity index (χ0) is 17.5. The Hall–Kier alpha value is -1.88. The van der Waals surface area contributed by atoms with Gasteiger partial charge >= 0.3 is 0 Å². The van der Waals surface area contributed by atoms with Crippen molar-refractivity contribution in [1.82, 2.24) is 10.2 Å². The molecule has 0 radical (unpaired) electrons. The van der Waals surface area contributed by atoms with E-state index in [2.05, 4.69) is 22.3 Å². The molecule has 0 spiro atoms. The molecule has 1 fully saturated rings. The SMILES string of the molecule is O=C(NCCCN1CCO[C@@H](c2ccccc2)C1)c1cccc(Cl)c1. The van der Waals surface area contributed by atoms with Crippen molar-refractivity contribution in [2.45, 2.75) is 12.5 Å². The van der Waals surface area contributed by atoms with Gasteiger partial charge in [-0.05, 0) is 30.2 Å². The molecule has 1 aliphatic heterocycles. The zero-order valence-corrected chi connectivity index (χ0v) is 14.9. The maximum Gasteiger partial charge on any atom is 0.251 e. The molecule has 1 aliphatic rings. The highest BCUT2D eigenvalue weighted by Crippen LogP contribution is 2.21. The summed E-state index contributed by atoms with van der Waals surface area (Å²) >= 11 is 5.92. The Morgan fingerprint density at radius 2 is 2.04 bits per heavy atom. The Morgan fingerprint density at radius 3 is 2.84 bits per heavy atom. The summed E-state index contributed by atoms with van der Waals surface area (Å²) in [6.45, 7) is 4.17. The Balaban J connectivity index is 1.41. The number of ether oxygens (including phenoxy) is 1. The second-order valence-corrected chi connectivity index (χ2v) is 6.63. The third-order valence-electron chi connectivity index (χ3n) is 4.35. The van der Waals surface area contributed by atoms with Crippen molar-refractivity contribution in [3.05, 3.63) is 70.7 Å². The number of hydrogen-bond acceptors (Lipinski definition) is 3. The lowest BCUT2D eigenvalue weighted by atomic mass is 10.1. The molecule has 3 rings (SSSR count). The van der Waals surface area contributed by atoms with Crippen LogP contribution in [0.4, 0.5) is 0 Å². The highest BCUT2D eigenvalue weighted by molar-refractivity contribution is 6.30. The minimum atomic E-state index is -0.0772. The predicted octanol–water partition coefficient (Wildman–Crippen LogP) is 3.53. The van der Waals surface area contributed by atoms with Gasteiger partial charge in [0.2, 0.25) is 0 Å². The highest BCUT2D eigenvalue weighted by atomic mass is 35.5. The number of halogens is 1. The second-order valence-electron chi connectivity index (χ2n) is 6.19. The van der Waals surface area contributed by atoms with Crippen LogP contribution in [0.5, 0.6) is 0 Å². The number of hydrogen-bond donors (Lipinski definition) is 1. The van der Waals surface area contributed by atoms with Crippen LogP contribution in [0, 0.1) is 0 Å². The lowest BCUT2D eigenvalue weighted by molar-refractivity contribution is -0.0301. The summed E-state index contributed by atoms with van der Waals surface area (Å²) in [6, 6.07) is 17.3. The van der Waals surface area contributed by atoms with Crippen LogP contribution in [0.3, 0.4) is 0 Å².